The molecule has 0 aliphatic heterocycles. The maximum atomic E-state index is 5.30. The molecule has 0 fully saturated rings. The van der Waals surface area contributed by atoms with E-state index < -0.39 is 0 Å². The Morgan fingerprint density at radius 2 is 2.47 bits per heavy atom. The van der Waals surface area contributed by atoms with Crippen LogP contribution in [-0.4, -0.2) is 5.75 Å². The molecule has 15 heavy (non-hydrogen) atoms. The first-order chi connectivity index (χ1) is 7.29. The summed E-state index contributed by atoms with van der Waals surface area (Å²) in [4.78, 5) is 0. The van der Waals surface area contributed by atoms with E-state index in [0.717, 1.165) is 11.5 Å². The quantitative estimate of drug-likeness (QED) is 0.545. The van der Waals surface area contributed by atoms with Crippen molar-refractivity contribution in [2.75, 3.05) is 5.75 Å². The molecule has 0 saturated carbocycles. The van der Waals surface area contributed by atoms with Gasteiger partial charge in [0.25, 0.3) is 0 Å². The molecule has 0 spiro atoms. The Morgan fingerprint density at radius 3 is 3.13 bits per heavy atom. The van der Waals surface area contributed by atoms with Gasteiger partial charge in [0, 0.05) is 0 Å². The summed E-state index contributed by atoms with van der Waals surface area (Å²) in [7, 11) is 0. The third-order valence-corrected chi connectivity index (χ3v) is 4.03. The molecule has 2 rings (SSSR count). The van der Waals surface area contributed by atoms with Crippen LogP contribution in [0.25, 0.3) is 0 Å². The molecule has 1 aliphatic rings. The molecular formula is C13H18OS. The minimum atomic E-state index is 0.468. The van der Waals surface area contributed by atoms with Crippen LogP contribution in [0.3, 0.4) is 0 Å². The van der Waals surface area contributed by atoms with Crippen LogP contribution in [0.2, 0.25) is 0 Å². The van der Waals surface area contributed by atoms with Crippen molar-refractivity contribution in [3.8, 4) is 0 Å². The van der Waals surface area contributed by atoms with Crippen molar-refractivity contribution < 1.29 is 4.42 Å². The van der Waals surface area contributed by atoms with Crippen molar-refractivity contribution in [2.24, 2.45) is 5.41 Å². The summed E-state index contributed by atoms with van der Waals surface area (Å²) in [5.41, 5.74) is 0.468. The lowest BCUT2D eigenvalue weighted by Crippen LogP contribution is -2.10. The Balaban J connectivity index is 1.65. The SMILES string of the molecule is C[C@]1(CCSCc2ccco2)C=CCC1. The molecule has 0 N–H and O–H groups in total. The largest absolute Gasteiger partial charge is 0.468 e. The van der Waals surface area contributed by atoms with Gasteiger partial charge in [0.2, 0.25) is 0 Å². The minimum absolute atomic E-state index is 0.468. The third kappa shape index (κ3) is 3.16. The fraction of sp³-hybridized carbons (Fsp3) is 0.538. The van der Waals surface area contributed by atoms with Gasteiger partial charge >= 0.3 is 0 Å². The van der Waals surface area contributed by atoms with Gasteiger partial charge in [-0.25, -0.2) is 0 Å². The summed E-state index contributed by atoms with van der Waals surface area (Å²) in [6, 6.07) is 4.00. The predicted octanol–water partition coefficient (Wildman–Crippen LogP) is 4.26. The van der Waals surface area contributed by atoms with E-state index in [0.29, 0.717) is 5.41 Å². The van der Waals surface area contributed by atoms with Crippen molar-refractivity contribution in [2.45, 2.75) is 31.9 Å². The molecular weight excluding hydrogens is 204 g/mol. The highest BCUT2D eigenvalue weighted by Crippen LogP contribution is 2.36. The maximum absolute atomic E-state index is 5.30. The number of hydrogen-bond donors (Lipinski definition) is 0. The summed E-state index contributed by atoms with van der Waals surface area (Å²) in [6.07, 6.45) is 10.3. The molecule has 1 aliphatic carbocycles. The Labute approximate surface area is 95.9 Å². The van der Waals surface area contributed by atoms with E-state index in [9.17, 15) is 0 Å². The smallest absolute Gasteiger partial charge is 0.113 e. The monoisotopic (exact) mass is 222 g/mol. The second-order valence-electron chi connectivity index (χ2n) is 4.48. The lowest BCUT2D eigenvalue weighted by Gasteiger charge is -2.20. The van der Waals surface area contributed by atoms with Crippen LogP contribution < -0.4 is 0 Å². The molecule has 2 heteroatoms. The Hall–Kier alpha value is -0.630. The Kier molecular flexibility index (Phi) is 3.57. The van der Waals surface area contributed by atoms with E-state index in [-0.39, 0.29) is 0 Å². The summed E-state index contributed by atoms with van der Waals surface area (Å²) < 4.78 is 5.30. The highest BCUT2D eigenvalue weighted by atomic mass is 32.2. The van der Waals surface area contributed by atoms with Crippen molar-refractivity contribution in [3.05, 3.63) is 36.3 Å². The van der Waals surface area contributed by atoms with E-state index in [1.54, 1.807) is 6.26 Å². The molecule has 0 unspecified atom stereocenters. The van der Waals surface area contributed by atoms with Crippen LogP contribution in [0.15, 0.2) is 35.0 Å². The predicted molar refractivity (Wildman–Crippen MR) is 66.0 cm³/mol. The van der Waals surface area contributed by atoms with Gasteiger partial charge in [-0.3, -0.25) is 0 Å². The topological polar surface area (TPSA) is 13.1 Å². The first kappa shape index (κ1) is 10.9. The molecule has 0 amide bonds. The first-order valence-electron chi connectivity index (χ1n) is 5.56. The van der Waals surface area contributed by atoms with E-state index in [2.05, 4.69) is 19.1 Å². The van der Waals surface area contributed by atoms with E-state index in [4.69, 9.17) is 4.42 Å². The van der Waals surface area contributed by atoms with E-state index in [1.165, 1.54) is 25.0 Å². The summed E-state index contributed by atoms with van der Waals surface area (Å²) in [5, 5.41) is 0. The maximum Gasteiger partial charge on any atom is 0.113 e. The molecule has 0 aromatic carbocycles. The zero-order valence-electron chi connectivity index (χ0n) is 9.24. The third-order valence-electron chi connectivity index (χ3n) is 3.04. The highest BCUT2D eigenvalue weighted by Gasteiger charge is 2.22. The molecule has 1 aromatic rings. The Morgan fingerprint density at radius 1 is 1.53 bits per heavy atom. The normalized spacial score (nSPS) is 24.9. The van der Waals surface area contributed by atoms with Gasteiger partial charge in [-0.15, -0.1) is 0 Å². The summed E-state index contributed by atoms with van der Waals surface area (Å²) in [5.74, 6) is 3.32. The standard InChI is InChI=1S/C13H18OS/c1-13(6-2-3-7-13)8-10-15-11-12-5-4-9-14-12/h2,4-6,9H,3,7-8,10-11H2,1H3/t13-/m0/s1. The second-order valence-corrected chi connectivity index (χ2v) is 5.58. The lowest BCUT2D eigenvalue weighted by molar-refractivity contribution is 0.407. The fourth-order valence-electron chi connectivity index (χ4n) is 1.95. The summed E-state index contributed by atoms with van der Waals surface area (Å²) in [6.45, 7) is 2.37. The molecule has 1 nitrogen and oxygen atoms in total. The number of rotatable bonds is 5. The highest BCUT2D eigenvalue weighted by molar-refractivity contribution is 7.98. The first-order valence-corrected chi connectivity index (χ1v) is 6.72. The molecule has 1 atom stereocenters. The van der Waals surface area contributed by atoms with Crippen molar-refractivity contribution >= 4 is 11.8 Å². The molecule has 0 saturated heterocycles. The zero-order chi connectivity index (χ0) is 10.6. The van der Waals surface area contributed by atoms with Gasteiger partial charge in [-0.1, -0.05) is 19.1 Å². The van der Waals surface area contributed by atoms with Gasteiger partial charge in [-0.05, 0) is 42.6 Å². The molecule has 0 bridgehead atoms. The van der Waals surface area contributed by atoms with Gasteiger partial charge in [-0.2, -0.15) is 11.8 Å². The molecule has 1 aromatic heterocycles. The van der Waals surface area contributed by atoms with Crippen LogP contribution in [0, 0.1) is 5.41 Å². The van der Waals surface area contributed by atoms with Gasteiger partial charge in [0.05, 0.1) is 12.0 Å². The van der Waals surface area contributed by atoms with Crippen molar-refractivity contribution in [1.82, 2.24) is 0 Å². The number of furan rings is 1. The van der Waals surface area contributed by atoms with Crippen molar-refractivity contribution in [3.63, 3.8) is 0 Å². The molecule has 1 heterocycles. The van der Waals surface area contributed by atoms with Crippen LogP contribution in [0.4, 0.5) is 0 Å². The zero-order valence-corrected chi connectivity index (χ0v) is 10.1. The van der Waals surface area contributed by atoms with Crippen LogP contribution >= 0.6 is 11.8 Å². The Bertz CT molecular complexity index is 315. The van der Waals surface area contributed by atoms with Crippen LogP contribution in [0.5, 0.6) is 0 Å². The average molecular weight is 222 g/mol. The number of thioether (sulfide) groups is 1. The van der Waals surface area contributed by atoms with Crippen LogP contribution in [0.1, 0.15) is 31.9 Å². The minimum Gasteiger partial charge on any atom is -0.468 e. The molecule has 82 valence electrons. The van der Waals surface area contributed by atoms with E-state index in [1.807, 2.05) is 23.9 Å². The molecule has 0 radical (unpaired) electrons. The lowest BCUT2D eigenvalue weighted by atomic mass is 9.87. The average Bonchev–Trinajstić information content (AvgIpc) is 2.84. The summed E-state index contributed by atoms with van der Waals surface area (Å²) >= 11 is 1.97. The van der Waals surface area contributed by atoms with Gasteiger partial charge < -0.3 is 4.42 Å². The van der Waals surface area contributed by atoms with Gasteiger partial charge in [0.1, 0.15) is 5.76 Å². The van der Waals surface area contributed by atoms with Crippen molar-refractivity contribution in [1.29, 1.82) is 0 Å². The van der Waals surface area contributed by atoms with E-state index >= 15 is 0 Å². The van der Waals surface area contributed by atoms with Crippen LogP contribution in [-0.2, 0) is 5.75 Å². The fourth-order valence-corrected chi connectivity index (χ4v) is 3.07. The second kappa shape index (κ2) is 4.93. The number of allylic oxidation sites excluding steroid dienone is 2. The number of hydrogen-bond acceptors (Lipinski definition) is 2. The van der Waals surface area contributed by atoms with Gasteiger partial charge in [0.15, 0.2) is 0 Å².